The van der Waals surface area contributed by atoms with Crippen LogP contribution < -0.4 is 14.8 Å². The molecule has 0 spiro atoms. The molecule has 0 aliphatic carbocycles. The molecule has 7 nitrogen and oxygen atoms in total. The first-order valence-corrected chi connectivity index (χ1v) is 10.5. The number of esters is 1. The van der Waals surface area contributed by atoms with E-state index in [-0.39, 0.29) is 30.6 Å². The molecule has 0 unspecified atom stereocenters. The van der Waals surface area contributed by atoms with Gasteiger partial charge in [-0.15, -0.1) is 0 Å². The third kappa shape index (κ3) is 5.76. The highest BCUT2D eigenvalue weighted by atomic mass is 16.5. The van der Waals surface area contributed by atoms with Gasteiger partial charge in [0.15, 0.2) is 0 Å². The molecule has 1 aliphatic heterocycles. The zero-order chi connectivity index (χ0) is 22.4. The van der Waals surface area contributed by atoms with Crippen LogP contribution in [0.15, 0.2) is 42.5 Å². The Morgan fingerprint density at radius 3 is 2.48 bits per heavy atom. The first kappa shape index (κ1) is 22.6. The maximum Gasteiger partial charge on any atom is 0.338 e. The van der Waals surface area contributed by atoms with Crippen LogP contribution in [0.25, 0.3) is 0 Å². The van der Waals surface area contributed by atoms with Crippen LogP contribution in [-0.2, 0) is 9.53 Å². The number of hydrogen-bond acceptors (Lipinski definition) is 6. The zero-order valence-corrected chi connectivity index (χ0v) is 18.5. The number of carbonyl (C=O) groups is 2. The number of carbonyl (C=O) groups excluding carboxylic acids is 2. The third-order valence-electron chi connectivity index (χ3n) is 5.26. The molecule has 1 aliphatic rings. The summed E-state index contributed by atoms with van der Waals surface area (Å²) in [6.45, 7) is 4.73. The summed E-state index contributed by atoms with van der Waals surface area (Å²) in [5, 5.41) is 2.91. The number of ether oxygens (including phenoxy) is 3. The second-order valence-electron chi connectivity index (χ2n) is 7.82. The van der Waals surface area contributed by atoms with Crippen molar-refractivity contribution in [2.75, 3.05) is 32.6 Å². The van der Waals surface area contributed by atoms with Crippen LogP contribution in [0.2, 0.25) is 0 Å². The van der Waals surface area contributed by atoms with E-state index in [9.17, 15) is 9.59 Å². The van der Waals surface area contributed by atoms with Gasteiger partial charge in [-0.1, -0.05) is 6.07 Å². The van der Waals surface area contributed by atoms with E-state index in [0.29, 0.717) is 11.3 Å². The van der Waals surface area contributed by atoms with E-state index in [1.165, 1.54) is 0 Å². The number of nitrogens with zero attached hydrogens (tertiary/aromatic N) is 1. The molecule has 1 atom stereocenters. The number of amides is 1. The number of nitrogens with one attached hydrogen (secondary N) is 1. The Morgan fingerprint density at radius 1 is 1.10 bits per heavy atom. The Balaban J connectivity index is 1.63. The molecule has 0 bridgehead atoms. The molecule has 1 fully saturated rings. The average Bonchev–Trinajstić information content (AvgIpc) is 3.20. The van der Waals surface area contributed by atoms with Gasteiger partial charge < -0.3 is 19.5 Å². The molecular weight excluding hydrogens is 396 g/mol. The van der Waals surface area contributed by atoms with Crippen LogP contribution in [0.5, 0.6) is 11.5 Å². The first-order chi connectivity index (χ1) is 14.9. The molecule has 1 N–H and O–H groups in total. The molecule has 0 radical (unpaired) electrons. The number of rotatable bonds is 8. The van der Waals surface area contributed by atoms with Crippen molar-refractivity contribution in [3.05, 3.63) is 53.6 Å². The van der Waals surface area contributed by atoms with Gasteiger partial charge in [-0.2, -0.15) is 0 Å². The number of anilines is 1. The van der Waals surface area contributed by atoms with Gasteiger partial charge in [0.25, 0.3) is 0 Å². The molecule has 1 amide bonds. The minimum Gasteiger partial charge on any atom is -0.497 e. The molecule has 0 aromatic heterocycles. The number of hydrogen-bond donors (Lipinski definition) is 1. The standard InChI is InChI=1S/C24H30N2O5/c1-16(2)31-24(28)17-7-9-18(10-8-17)25-23(27)15-26-13-5-6-21(26)20-12-11-19(29-3)14-22(20)30-4/h7-12,14,16,21H,5-6,13,15H2,1-4H3,(H,25,27)/t21-/m1/s1. The first-order valence-electron chi connectivity index (χ1n) is 10.5. The molecule has 2 aromatic carbocycles. The van der Waals surface area contributed by atoms with Gasteiger partial charge >= 0.3 is 5.97 Å². The molecular formula is C24H30N2O5. The number of benzene rings is 2. The minimum atomic E-state index is -0.374. The molecule has 0 saturated carbocycles. The Labute approximate surface area is 183 Å². The fraction of sp³-hybridized carbons (Fsp3) is 0.417. The lowest BCUT2D eigenvalue weighted by atomic mass is 10.0. The maximum atomic E-state index is 12.7. The van der Waals surface area contributed by atoms with Crippen molar-refractivity contribution in [2.24, 2.45) is 0 Å². The van der Waals surface area contributed by atoms with Gasteiger partial charge in [0.2, 0.25) is 5.91 Å². The van der Waals surface area contributed by atoms with Crippen LogP contribution in [0.1, 0.15) is 48.7 Å². The quantitative estimate of drug-likeness (QED) is 0.642. The van der Waals surface area contributed by atoms with Crippen LogP contribution >= 0.6 is 0 Å². The van der Waals surface area contributed by atoms with Crippen LogP contribution in [0.4, 0.5) is 5.69 Å². The summed E-state index contributed by atoms with van der Waals surface area (Å²) in [6.07, 6.45) is 1.80. The van der Waals surface area contributed by atoms with E-state index in [1.807, 2.05) is 18.2 Å². The second kappa shape index (κ2) is 10.3. The SMILES string of the molecule is COc1ccc([C@H]2CCCN2CC(=O)Nc2ccc(C(=O)OC(C)C)cc2)c(OC)c1. The maximum absolute atomic E-state index is 12.7. The highest BCUT2D eigenvalue weighted by molar-refractivity contribution is 5.94. The Morgan fingerprint density at radius 2 is 1.84 bits per heavy atom. The van der Waals surface area contributed by atoms with Crippen LogP contribution in [0, 0.1) is 0 Å². The number of likely N-dealkylation sites (tertiary alicyclic amines) is 1. The van der Waals surface area contributed by atoms with E-state index in [4.69, 9.17) is 14.2 Å². The molecule has 1 heterocycles. The largest absolute Gasteiger partial charge is 0.497 e. The van der Waals surface area contributed by atoms with Gasteiger partial charge in [0.05, 0.1) is 32.4 Å². The van der Waals surface area contributed by atoms with Crippen molar-refractivity contribution in [1.29, 1.82) is 0 Å². The van der Waals surface area contributed by atoms with Crippen molar-refractivity contribution < 1.29 is 23.8 Å². The fourth-order valence-corrected chi connectivity index (χ4v) is 3.82. The van der Waals surface area contributed by atoms with Gasteiger partial charge in [-0.25, -0.2) is 4.79 Å². The van der Waals surface area contributed by atoms with Crippen LogP contribution in [-0.4, -0.2) is 50.2 Å². The Bertz CT molecular complexity index is 911. The normalized spacial score (nSPS) is 16.2. The lowest BCUT2D eigenvalue weighted by Gasteiger charge is -2.26. The lowest BCUT2D eigenvalue weighted by Crippen LogP contribution is -2.33. The van der Waals surface area contributed by atoms with Crippen molar-refractivity contribution in [1.82, 2.24) is 4.90 Å². The molecule has 1 saturated heterocycles. The Kier molecular flexibility index (Phi) is 7.52. The van der Waals surface area contributed by atoms with Crippen molar-refractivity contribution in [2.45, 2.75) is 38.8 Å². The Hall–Kier alpha value is -3.06. The summed E-state index contributed by atoms with van der Waals surface area (Å²) in [7, 11) is 3.27. The fourth-order valence-electron chi connectivity index (χ4n) is 3.82. The van der Waals surface area contributed by atoms with Crippen molar-refractivity contribution >= 4 is 17.6 Å². The van der Waals surface area contributed by atoms with E-state index in [2.05, 4.69) is 10.2 Å². The minimum absolute atomic E-state index is 0.100. The molecule has 31 heavy (non-hydrogen) atoms. The number of methoxy groups -OCH3 is 2. The molecule has 2 aromatic rings. The van der Waals surface area contributed by atoms with Crippen molar-refractivity contribution in [3.63, 3.8) is 0 Å². The van der Waals surface area contributed by atoms with E-state index < -0.39 is 0 Å². The van der Waals surface area contributed by atoms with E-state index in [0.717, 1.165) is 36.4 Å². The summed E-state index contributed by atoms with van der Waals surface area (Å²) in [4.78, 5) is 26.8. The van der Waals surface area contributed by atoms with E-state index >= 15 is 0 Å². The van der Waals surface area contributed by atoms with E-state index in [1.54, 1.807) is 52.3 Å². The van der Waals surface area contributed by atoms with Crippen LogP contribution in [0.3, 0.4) is 0 Å². The van der Waals surface area contributed by atoms with Gasteiger partial charge in [-0.3, -0.25) is 9.69 Å². The summed E-state index contributed by atoms with van der Waals surface area (Å²) < 4.78 is 16.0. The van der Waals surface area contributed by atoms with Gasteiger partial charge in [-0.05, 0) is 63.6 Å². The summed E-state index contributed by atoms with van der Waals surface area (Å²) in [5.74, 6) is 1.03. The highest BCUT2D eigenvalue weighted by Gasteiger charge is 2.30. The zero-order valence-electron chi connectivity index (χ0n) is 18.5. The smallest absolute Gasteiger partial charge is 0.338 e. The second-order valence-corrected chi connectivity index (χ2v) is 7.82. The predicted octanol–water partition coefficient (Wildman–Crippen LogP) is 4.04. The summed E-state index contributed by atoms with van der Waals surface area (Å²) >= 11 is 0. The lowest BCUT2D eigenvalue weighted by molar-refractivity contribution is -0.117. The summed E-state index contributed by atoms with van der Waals surface area (Å²) in [5.41, 5.74) is 2.16. The third-order valence-corrected chi connectivity index (χ3v) is 5.26. The topological polar surface area (TPSA) is 77.1 Å². The molecule has 3 rings (SSSR count). The molecule has 7 heteroatoms. The molecule has 166 valence electrons. The van der Waals surface area contributed by atoms with Gasteiger partial charge in [0.1, 0.15) is 11.5 Å². The highest BCUT2D eigenvalue weighted by Crippen LogP contribution is 2.38. The average molecular weight is 427 g/mol. The monoisotopic (exact) mass is 426 g/mol. The van der Waals surface area contributed by atoms with Gasteiger partial charge in [0, 0.05) is 23.4 Å². The summed E-state index contributed by atoms with van der Waals surface area (Å²) in [6, 6.07) is 12.6. The predicted molar refractivity (Wildman–Crippen MR) is 119 cm³/mol. The van der Waals surface area contributed by atoms with Crippen molar-refractivity contribution in [3.8, 4) is 11.5 Å².